The van der Waals surface area contributed by atoms with Crippen molar-refractivity contribution in [3.05, 3.63) is 111 Å². The quantitative estimate of drug-likeness (QED) is 0.150. The van der Waals surface area contributed by atoms with Crippen LogP contribution in [0.5, 0.6) is 5.75 Å². The zero-order chi connectivity index (χ0) is 22.5. The number of nitrogens with one attached hydrogen (secondary N) is 1. The van der Waals surface area contributed by atoms with Gasteiger partial charge in [-0.25, -0.2) is 10.2 Å². The van der Waals surface area contributed by atoms with Gasteiger partial charge in [-0.2, -0.15) is 5.10 Å². The number of halogens is 2. The van der Waals surface area contributed by atoms with E-state index < -0.39 is 5.97 Å². The molecular formula is C25H16BrClN2O3. The van der Waals surface area contributed by atoms with Crippen LogP contribution in [0, 0.1) is 0 Å². The SMILES string of the molecule is O=C(N/N=C\c1c(OC(=O)c2ccccc2Cl)ccc2ccccc12)c1ccc(Br)cc1. The lowest BCUT2D eigenvalue weighted by Crippen LogP contribution is -2.17. The van der Waals surface area contributed by atoms with Crippen LogP contribution in [0.15, 0.2) is 94.5 Å². The van der Waals surface area contributed by atoms with Crippen molar-refractivity contribution in [2.45, 2.75) is 0 Å². The summed E-state index contributed by atoms with van der Waals surface area (Å²) in [5.41, 5.74) is 3.79. The molecule has 0 fully saturated rings. The van der Waals surface area contributed by atoms with Crippen LogP contribution in [0.2, 0.25) is 5.02 Å². The van der Waals surface area contributed by atoms with E-state index in [4.69, 9.17) is 16.3 Å². The first kappa shape index (κ1) is 21.7. The number of amides is 1. The monoisotopic (exact) mass is 506 g/mol. The lowest BCUT2D eigenvalue weighted by molar-refractivity contribution is 0.0734. The minimum atomic E-state index is -0.584. The van der Waals surface area contributed by atoms with Gasteiger partial charge in [0.15, 0.2) is 0 Å². The van der Waals surface area contributed by atoms with Crippen molar-refractivity contribution in [1.82, 2.24) is 5.43 Å². The van der Waals surface area contributed by atoms with Gasteiger partial charge in [-0.15, -0.1) is 0 Å². The molecule has 158 valence electrons. The van der Waals surface area contributed by atoms with Gasteiger partial charge in [-0.1, -0.05) is 70.0 Å². The van der Waals surface area contributed by atoms with Crippen LogP contribution in [-0.4, -0.2) is 18.1 Å². The minimum Gasteiger partial charge on any atom is -0.422 e. The van der Waals surface area contributed by atoms with Crippen molar-refractivity contribution in [3.8, 4) is 5.75 Å². The molecule has 0 unspecified atom stereocenters. The normalized spacial score (nSPS) is 10.9. The van der Waals surface area contributed by atoms with Crippen molar-refractivity contribution in [2.24, 2.45) is 5.10 Å². The Labute approximate surface area is 197 Å². The summed E-state index contributed by atoms with van der Waals surface area (Å²) in [5, 5.41) is 6.15. The van der Waals surface area contributed by atoms with E-state index in [1.165, 1.54) is 6.21 Å². The number of nitrogens with zero attached hydrogens (tertiary/aromatic N) is 1. The Morgan fingerprint density at radius 3 is 2.41 bits per heavy atom. The maximum absolute atomic E-state index is 12.7. The summed E-state index contributed by atoms with van der Waals surface area (Å²) >= 11 is 9.47. The second-order valence-corrected chi connectivity index (χ2v) is 8.10. The Morgan fingerprint density at radius 2 is 1.62 bits per heavy atom. The number of carbonyl (C=O) groups is 2. The Hall–Kier alpha value is -3.48. The summed E-state index contributed by atoms with van der Waals surface area (Å²) in [6.07, 6.45) is 1.47. The van der Waals surface area contributed by atoms with Gasteiger partial charge in [0.25, 0.3) is 5.91 Å². The second-order valence-electron chi connectivity index (χ2n) is 6.77. The summed E-state index contributed by atoms with van der Waals surface area (Å²) in [4.78, 5) is 25.0. The summed E-state index contributed by atoms with van der Waals surface area (Å²) in [7, 11) is 0. The molecule has 0 spiro atoms. The molecule has 0 bridgehead atoms. The molecule has 0 aromatic heterocycles. The molecule has 1 N–H and O–H groups in total. The summed E-state index contributed by atoms with van der Waals surface area (Å²) in [6.45, 7) is 0. The fourth-order valence-electron chi connectivity index (χ4n) is 3.10. The number of fused-ring (bicyclic) bond motifs is 1. The number of ether oxygens (including phenoxy) is 1. The number of hydrazone groups is 1. The average Bonchev–Trinajstić information content (AvgIpc) is 2.80. The highest BCUT2D eigenvalue weighted by Crippen LogP contribution is 2.28. The summed E-state index contributed by atoms with van der Waals surface area (Å²) in [5.74, 6) is -0.640. The number of rotatable bonds is 5. The third-order valence-electron chi connectivity index (χ3n) is 4.69. The zero-order valence-electron chi connectivity index (χ0n) is 16.6. The van der Waals surface area contributed by atoms with Crippen molar-refractivity contribution >= 4 is 56.4 Å². The lowest BCUT2D eigenvalue weighted by atomic mass is 10.0. The number of hydrogen-bond acceptors (Lipinski definition) is 4. The fraction of sp³-hybridized carbons (Fsp3) is 0. The Kier molecular flexibility index (Phi) is 6.63. The van der Waals surface area contributed by atoms with E-state index in [1.807, 2.05) is 30.3 Å². The third kappa shape index (κ3) is 4.88. The van der Waals surface area contributed by atoms with Crippen LogP contribution in [0.1, 0.15) is 26.3 Å². The van der Waals surface area contributed by atoms with Crippen molar-refractivity contribution in [2.75, 3.05) is 0 Å². The average molecular weight is 508 g/mol. The van der Waals surface area contributed by atoms with Gasteiger partial charge < -0.3 is 4.74 Å². The molecule has 0 saturated carbocycles. The highest BCUT2D eigenvalue weighted by Gasteiger charge is 2.16. The molecule has 0 atom stereocenters. The number of carbonyl (C=O) groups excluding carboxylic acids is 2. The molecule has 4 rings (SSSR count). The van der Waals surface area contributed by atoms with Crippen molar-refractivity contribution in [1.29, 1.82) is 0 Å². The largest absolute Gasteiger partial charge is 0.422 e. The predicted molar refractivity (Wildman–Crippen MR) is 130 cm³/mol. The standard InChI is InChI=1S/C25H16BrClN2O3/c26-18-12-9-17(10-13-18)24(30)29-28-15-21-19-6-2-1-5-16(19)11-14-23(21)32-25(31)20-7-3-4-8-22(20)27/h1-15H,(H,29,30)/b28-15-. The van der Waals surface area contributed by atoms with Crippen molar-refractivity contribution in [3.63, 3.8) is 0 Å². The van der Waals surface area contributed by atoms with E-state index in [9.17, 15) is 9.59 Å². The van der Waals surface area contributed by atoms with Gasteiger partial charge >= 0.3 is 5.97 Å². The fourth-order valence-corrected chi connectivity index (χ4v) is 3.58. The minimum absolute atomic E-state index is 0.258. The lowest BCUT2D eigenvalue weighted by Gasteiger charge is -2.11. The molecule has 1 amide bonds. The van der Waals surface area contributed by atoms with Gasteiger partial charge in [-0.05, 0) is 53.2 Å². The molecule has 4 aromatic rings. The van der Waals surface area contributed by atoms with E-state index in [0.29, 0.717) is 21.9 Å². The Morgan fingerprint density at radius 1 is 0.906 bits per heavy atom. The van der Waals surface area contributed by atoms with Gasteiger partial charge in [0.1, 0.15) is 5.75 Å². The maximum atomic E-state index is 12.7. The Balaban J connectivity index is 1.63. The summed E-state index contributed by atoms with van der Waals surface area (Å²) in [6, 6.07) is 24.7. The molecular weight excluding hydrogens is 492 g/mol. The number of benzene rings is 4. The molecule has 0 heterocycles. The molecule has 5 nitrogen and oxygen atoms in total. The van der Waals surface area contributed by atoms with E-state index >= 15 is 0 Å². The number of hydrogen-bond donors (Lipinski definition) is 1. The first-order chi connectivity index (χ1) is 15.5. The van der Waals surface area contributed by atoms with E-state index in [2.05, 4.69) is 26.5 Å². The van der Waals surface area contributed by atoms with Crippen LogP contribution >= 0.6 is 27.5 Å². The van der Waals surface area contributed by atoms with Gasteiger partial charge in [0.2, 0.25) is 0 Å². The van der Waals surface area contributed by atoms with Crippen LogP contribution in [0.4, 0.5) is 0 Å². The van der Waals surface area contributed by atoms with Crippen LogP contribution in [0.25, 0.3) is 10.8 Å². The molecule has 32 heavy (non-hydrogen) atoms. The van der Waals surface area contributed by atoms with Crippen molar-refractivity contribution < 1.29 is 14.3 Å². The first-order valence-corrected chi connectivity index (χ1v) is 10.8. The van der Waals surface area contributed by atoms with Gasteiger partial charge in [-0.3, -0.25) is 4.79 Å². The smallest absolute Gasteiger partial charge is 0.345 e. The molecule has 0 saturated heterocycles. The van der Waals surface area contributed by atoms with E-state index in [1.54, 1.807) is 54.6 Å². The predicted octanol–water partition coefficient (Wildman–Crippen LogP) is 6.24. The van der Waals surface area contributed by atoms with Gasteiger partial charge in [0, 0.05) is 15.6 Å². The molecule has 0 aliphatic carbocycles. The molecule has 7 heteroatoms. The first-order valence-electron chi connectivity index (χ1n) is 9.60. The van der Waals surface area contributed by atoms with Gasteiger partial charge in [0.05, 0.1) is 16.8 Å². The second kappa shape index (κ2) is 9.77. The highest BCUT2D eigenvalue weighted by atomic mass is 79.9. The third-order valence-corrected chi connectivity index (χ3v) is 5.55. The highest BCUT2D eigenvalue weighted by molar-refractivity contribution is 9.10. The topological polar surface area (TPSA) is 67.8 Å². The van der Waals surface area contributed by atoms with E-state index in [0.717, 1.165) is 15.2 Å². The number of esters is 1. The molecule has 0 radical (unpaired) electrons. The van der Waals surface area contributed by atoms with Crippen LogP contribution < -0.4 is 10.2 Å². The molecule has 0 aliphatic rings. The summed E-state index contributed by atoms with van der Waals surface area (Å²) < 4.78 is 6.52. The van der Waals surface area contributed by atoms with Crippen LogP contribution in [0.3, 0.4) is 0 Å². The van der Waals surface area contributed by atoms with Crippen LogP contribution in [-0.2, 0) is 0 Å². The molecule has 4 aromatic carbocycles. The maximum Gasteiger partial charge on any atom is 0.345 e. The van der Waals surface area contributed by atoms with E-state index in [-0.39, 0.29) is 11.5 Å². The zero-order valence-corrected chi connectivity index (χ0v) is 18.9. The molecule has 0 aliphatic heterocycles. The Bertz CT molecular complexity index is 1340.